The number of carboxylic acids is 1. The van der Waals surface area contributed by atoms with E-state index in [0.717, 1.165) is 0 Å². The number of aliphatic carboxylic acids is 1. The Balaban J connectivity index is 2.50. The molecule has 0 aliphatic carbocycles. The molecule has 1 heterocycles. The molecule has 0 radical (unpaired) electrons. The summed E-state index contributed by atoms with van der Waals surface area (Å²) in [5.74, 6) is -0.487. The molecule has 1 atom stereocenters. The number of carbonyl (C=O) groups is 1. The highest BCUT2D eigenvalue weighted by molar-refractivity contribution is 5.83. The van der Waals surface area contributed by atoms with Crippen LogP contribution in [0.1, 0.15) is 12.5 Å². The number of fused-ring (bicyclic) bond motifs is 1. The predicted molar refractivity (Wildman–Crippen MR) is 56.6 cm³/mol. The van der Waals surface area contributed by atoms with Crippen molar-refractivity contribution < 1.29 is 19.7 Å². The Morgan fingerprint density at radius 3 is 3.00 bits per heavy atom. The average molecular weight is 223 g/mol. The van der Waals surface area contributed by atoms with Crippen LogP contribution in [0, 0.1) is 0 Å². The van der Waals surface area contributed by atoms with Crippen molar-refractivity contribution in [2.45, 2.75) is 12.5 Å². The lowest BCUT2D eigenvalue weighted by molar-refractivity contribution is -0.145. The van der Waals surface area contributed by atoms with Gasteiger partial charge in [0.15, 0.2) is 5.54 Å². The maximum atomic E-state index is 11.4. The monoisotopic (exact) mass is 223 g/mol. The smallest absolute Gasteiger partial charge is 0.332 e. The second kappa shape index (κ2) is 3.68. The van der Waals surface area contributed by atoms with E-state index in [1.54, 1.807) is 6.07 Å². The summed E-state index contributed by atoms with van der Waals surface area (Å²) in [6.07, 6.45) is 0. The van der Waals surface area contributed by atoms with Gasteiger partial charge in [-0.3, -0.25) is 5.32 Å². The fourth-order valence-electron chi connectivity index (χ4n) is 1.95. The zero-order valence-corrected chi connectivity index (χ0v) is 8.86. The Bertz CT molecular complexity index is 432. The van der Waals surface area contributed by atoms with Gasteiger partial charge < -0.3 is 14.9 Å². The van der Waals surface area contributed by atoms with Crippen LogP contribution in [-0.4, -0.2) is 29.3 Å². The fraction of sp³-hybridized carbons (Fsp3) is 0.364. The van der Waals surface area contributed by atoms with Crippen LogP contribution < -0.4 is 10.1 Å². The van der Waals surface area contributed by atoms with Gasteiger partial charge in [0.05, 0.1) is 0 Å². The highest BCUT2D eigenvalue weighted by atomic mass is 16.5. The summed E-state index contributed by atoms with van der Waals surface area (Å²) in [5, 5.41) is 21.5. The minimum absolute atomic E-state index is 0.0367. The molecule has 1 aliphatic heterocycles. The van der Waals surface area contributed by atoms with Crippen molar-refractivity contribution in [3.8, 4) is 11.5 Å². The molecular formula is C11H13NO4. The number of hydrogen-bond donors (Lipinski definition) is 3. The zero-order valence-electron chi connectivity index (χ0n) is 8.86. The standard InChI is InChI=1S/C11H13NO4/c1-2-12-11(10(14)15)6-16-9-5-7(13)3-4-8(9)11/h3-5,12-13H,2,6H2,1H3,(H,14,15). The molecular weight excluding hydrogens is 210 g/mol. The van der Waals surface area contributed by atoms with Crippen LogP contribution in [0.4, 0.5) is 0 Å². The molecule has 0 amide bonds. The van der Waals surface area contributed by atoms with Crippen molar-refractivity contribution in [1.29, 1.82) is 0 Å². The van der Waals surface area contributed by atoms with E-state index in [1.165, 1.54) is 12.1 Å². The molecule has 0 spiro atoms. The van der Waals surface area contributed by atoms with Gasteiger partial charge in [-0.05, 0) is 18.7 Å². The molecule has 0 fully saturated rings. The molecule has 2 rings (SSSR count). The fourth-order valence-corrected chi connectivity index (χ4v) is 1.95. The summed E-state index contributed by atoms with van der Waals surface area (Å²) in [5.41, 5.74) is -0.641. The Morgan fingerprint density at radius 2 is 2.38 bits per heavy atom. The van der Waals surface area contributed by atoms with Gasteiger partial charge in [-0.2, -0.15) is 0 Å². The molecule has 0 saturated carbocycles. The van der Waals surface area contributed by atoms with Crippen molar-refractivity contribution >= 4 is 5.97 Å². The number of hydrogen-bond acceptors (Lipinski definition) is 4. The first-order valence-corrected chi connectivity index (χ1v) is 5.05. The first kappa shape index (κ1) is 10.8. The molecule has 16 heavy (non-hydrogen) atoms. The van der Waals surface area contributed by atoms with Crippen molar-refractivity contribution in [3.05, 3.63) is 23.8 Å². The number of phenolic OH excluding ortho intramolecular Hbond substituents is 1. The number of likely N-dealkylation sites (N-methyl/N-ethyl adjacent to an activating group) is 1. The van der Waals surface area contributed by atoms with Crippen LogP contribution in [0.5, 0.6) is 11.5 Å². The van der Waals surface area contributed by atoms with E-state index >= 15 is 0 Å². The molecule has 5 nitrogen and oxygen atoms in total. The Kier molecular flexibility index (Phi) is 2.47. The summed E-state index contributed by atoms with van der Waals surface area (Å²) in [7, 11) is 0. The van der Waals surface area contributed by atoms with E-state index in [-0.39, 0.29) is 12.4 Å². The summed E-state index contributed by atoms with van der Waals surface area (Å²) in [4.78, 5) is 11.4. The van der Waals surface area contributed by atoms with Crippen LogP contribution in [-0.2, 0) is 10.3 Å². The topological polar surface area (TPSA) is 78.8 Å². The van der Waals surface area contributed by atoms with Crippen molar-refractivity contribution in [3.63, 3.8) is 0 Å². The lowest BCUT2D eigenvalue weighted by Crippen LogP contribution is -2.50. The molecule has 5 heteroatoms. The van der Waals surface area contributed by atoms with Crippen LogP contribution in [0.3, 0.4) is 0 Å². The van der Waals surface area contributed by atoms with Crippen LogP contribution in [0.2, 0.25) is 0 Å². The third-order valence-corrected chi connectivity index (χ3v) is 2.71. The summed E-state index contributed by atoms with van der Waals surface area (Å²) in [6.45, 7) is 2.40. The number of rotatable bonds is 3. The zero-order chi connectivity index (χ0) is 11.8. The molecule has 1 aromatic rings. The normalized spacial score (nSPS) is 22.6. The number of benzene rings is 1. The van der Waals surface area contributed by atoms with Crippen LogP contribution >= 0.6 is 0 Å². The second-order valence-electron chi connectivity index (χ2n) is 3.71. The number of carboxylic acid groups (broad SMARTS) is 1. The number of aromatic hydroxyl groups is 1. The van der Waals surface area contributed by atoms with E-state index in [0.29, 0.717) is 17.9 Å². The number of ether oxygens (including phenoxy) is 1. The first-order chi connectivity index (χ1) is 7.60. The first-order valence-electron chi connectivity index (χ1n) is 5.05. The minimum Gasteiger partial charge on any atom is -0.508 e. The van der Waals surface area contributed by atoms with E-state index in [4.69, 9.17) is 4.74 Å². The van der Waals surface area contributed by atoms with Gasteiger partial charge in [0.1, 0.15) is 18.1 Å². The Labute approximate surface area is 92.7 Å². The number of phenols is 1. The molecule has 86 valence electrons. The molecule has 0 bridgehead atoms. The molecule has 1 aliphatic rings. The maximum absolute atomic E-state index is 11.4. The van der Waals surface area contributed by atoms with Gasteiger partial charge in [-0.25, -0.2) is 4.79 Å². The van der Waals surface area contributed by atoms with Crippen molar-refractivity contribution in [2.75, 3.05) is 13.2 Å². The van der Waals surface area contributed by atoms with Crippen LogP contribution in [0.25, 0.3) is 0 Å². The minimum atomic E-state index is -1.20. The van der Waals surface area contributed by atoms with Crippen LogP contribution in [0.15, 0.2) is 18.2 Å². The molecule has 1 aromatic carbocycles. The van der Waals surface area contributed by atoms with E-state index in [9.17, 15) is 15.0 Å². The highest BCUT2D eigenvalue weighted by Crippen LogP contribution is 2.39. The second-order valence-corrected chi connectivity index (χ2v) is 3.71. The van der Waals surface area contributed by atoms with Crippen molar-refractivity contribution in [2.24, 2.45) is 0 Å². The predicted octanol–water partition coefficient (Wildman–Crippen LogP) is 0.674. The third-order valence-electron chi connectivity index (χ3n) is 2.71. The van der Waals surface area contributed by atoms with Gasteiger partial charge in [0.25, 0.3) is 0 Å². The maximum Gasteiger partial charge on any atom is 0.332 e. The molecule has 1 unspecified atom stereocenters. The lowest BCUT2D eigenvalue weighted by atomic mass is 9.92. The quantitative estimate of drug-likeness (QED) is 0.702. The third kappa shape index (κ3) is 1.40. The molecule has 0 saturated heterocycles. The van der Waals surface area contributed by atoms with Gasteiger partial charge in [-0.1, -0.05) is 6.92 Å². The van der Waals surface area contributed by atoms with E-state index in [2.05, 4.69) is 5.32 Å². The SMILES string of the molecule is CCNC1(C(=O)O)COc2cc(O)ccc21. The summed E-state index contributed by atoms with van der Waals surface area (Å²) in [6, 6.07) is 4.47. The molecule has 3 N–H and O–H groups in total. The van der Waals surface area contributed by atoms with Crippen molar-refractivity contribution in [1.82, 2.24) is 5.32 Å². The van der Waals surface area contributed by atoms with Gasteiger partial charge in [0, 0.05) is 11.6 Å². The highest BCUT2D eigenvalue weighted by Gasteiger charge is 2.47. The average Bonchev–Trinajstić information content (AvgIpc) is 2.58. The summed E-state index contributed by atoms with van der Waals surface area (Å²) >= 11 is 0. The Hall–Kier alpha value is -1.75. The number of nitrogens with one attached hydrogen (secondary N) is 1. The lowest BCUT2D eigenvalue weighted by Gasteiger charge is -2.23. The molecule has 0 aromatic heterocycles. The van der Waals surface area contributed by atoms with E-state index < -0.39 is 11.5 Å². The van der Waals surface area contributed by atoms with Gasteiger partial charge >= 0.3 is 5.97 Å². The summed E-state index contributed by atoms with van der Waals surface area (Å²) < 4.78 is 5.31. The van der Waals surface area contributed by atoms with E-state index in [1.807, 2.05) is 6.92 Å². The van der Waals surface area contributed by atoms with Gasteiger partial charge in [-0.15, -0.1) is 0 Å². The Morgan fingerprint density at radius 1 is 1.62 bits per heavy atom. The van der Waals surface area contributed by atoms with Gasteiger partial charge in [0.2, 0.25) is 0 Å². The largest absolute Gasteiger partial charge is 0.508 e.